The van der Waals surface area contributed by atoms with Crippen LogP contribution in [0.4, 0.5) is 37.7 Å². The van der Waals surface area contributed by atoms with E-state index in [1.165, 1.54) is 85.8 Å². The molecule has 1 atom stereocenters. The highest BCUT2D eigenvalue weighted by Gasteiger charge is 2.55. The first kappa shape index (κ1) is 56.3. The summed E-state index contributed by atoms with van der Waals surface area (Å²) in [6.07, 6.45) is -9.30. The van der Waals surface area contributed by atoms with Crippen LogP contribution in [0.3, 0.4) is 0 Å². The normalized spacial score (nSPS) is 12.2. The minimum atomic E-state index is -4.70. The number of carbonyl (C=O) groups excluding carboxylic acids is 4. The molecule has 366 valence electrons. The van der Waals surface area contributed by atoms with Crippen molar-refractivity contribution in [3.63, 3.8) is 0 Å². The quantitative estimate of drug-likeness (QED) is 0.0238. The summed E-state index contributed by atoms with van der Waals surface area (Å²) in [7, 11) is 0. The summed E-state index contributed by atoms with van der Waals surface area (Å²) in [4.78, 5) is 45.3. The number of nitrogens with two attached hydrogens (primary N) is 2. The van der Waals surface area contributed by atoms with E-state index in [9.17, 15) is 65.9 Å². The molecule has 0 fully saturated rings. The second kappa shape index (κ2) is 22.4. The van der Waals surface area contributed by atoms with Crippen LogP contribution in [0.25, 0.3) is 0 Å². The van der Waals surface area contributed by atoms with Crippen molar-refractivity contribution in [3.8, 4) is 23.0 Å². The predicted octanol–water partition coefficient (Wildman–Crippen LogP) is 12.4. The van der Waals surface area contributed by atoms with Crippen molar-refractivity contribution in [2.75, 3.05) is 11.5 Å². The maximum Gasteiger partial charge on any atom is 0.402 e. The summed E-state index contributed by atoms with van der Waals surface area (Å²) in [5, 5.41) is 37.9. The number of ketones is 2. The van der Waals surface area contributed by atoms with Gasteiger partial charge in [0.15, 0.2) is 11.6 Å². The molecule has 0 aliphatic rings. The molecule has 0 spiro atoms. The highest BCUT2D eigenvalue weighted by molar-refractivity contribution is 6.68. The van der Waals surface area contributed by atoms with E-state index >= 15 is 0 Å². The summed E-state index contributed by atoms with van der Waals surface area (Å²) in [5.74, 6) is -1.52. The molecule has 0 bridgehead atoms. The van der Waals surface area contributed by atoms with E-state index in [1.54, 1.807) is 6.92 Å². The third kappa shape index (κ3) is 12.7. The number of Topliss-reactive ketones (excluding diaryl/α,β-unsaturated/α-hetero) is 2. The van der Waals surface area contributed by atoms with Gasteiger partial charge in [-0.25, -0.2) is 0 Å². The standard InChI is InChI=1S/C27H25F3O4.C15H15F3N2O2.C8H4Cl2O2.CH4/c1-4-17-13-21(9-11-23(17)32)26(3,27(28,29)30)22-10-12-24(33)20(14-22)15-25(34)19-7-5-18(6-8-19)16(2)31;1-14(15(16,17)18,8-2-4-12(21)10(19)6-8)9-3-5-13(22)11(20)7-9;9-7(11)5-1-2-6(4-3-5)8(10)12;/h5-14,32-33H,4,15H2,1-3H3;2-7,21-22H,19-20H2,1H3;1-4H;1H4. The third-order valence-corrected chi connectivity index (χ3v) is 11.8. The number of carbonyl (C=O) groups is 4. The molecule has 0 aromatic heterocycles. The van der Waals surface area contributed by atoms with Gasteiger partial charge in [0, 0.05) is 34.2 Å². The summed E-state index contributed by atoms with van der Waals surface area (Å²) in [6, 6.07) is 25.8. The van der Waals surface area contributed by atoms with E-state index in [2.05, 4.69) is 0 Å². The zero-order valence-corrected chi connectivity index (χ0v) is 38.1. The molecule has 0 radical (unpaired) electrons. The summed E-state index contributed by atoms with van der Waals surface area (Å²) < 4.78 is 84.6. The number of anilines is 2. The lowest BCUT2D eigenvalue weighted by Crippen LogP contribution is -2.40. The van der Waals surface area contributed by atoms with Crippen molar-refractivity contribution in [1.29, 1.82) is 0 Å². The molecule has 0 saturated carbocycles. The number of aromatic hydroxyl groups is 4. The van der Waals surface area contributed by atoms with E-state index in [0.717, 1.165) is 56.3 Å². The SMILES string of the molecule is C.CC(c1ccc(O)c(N)c1)(c1ccc(O)c(N)c1)C(F)(F)F.CCc1cc(C(C)(c2ccc(O)c(CC(=O)c3ccc(C(C)=O)cc3)c2)C(F)(F)F)ccc1O.O=C(Cl)c1ccc(C(=O)Cl)cc1. The van der Waals surface area contributed by atoms with Crippen molar-refractivity contribution in [3.05, 3.63) is 177 Å². The van der Waals surface area contributed by atoms with Gasteiger partial charge in [0.2, 0.25) is 0 Å². The van der Waals surface area contributed by atoms with Gasteiger partial charge in [-0.2, -0.15) is 26.3 Å². The van der Waals surface area contributed by atoms with Crippen LogP contribution in [-0.2, 0) is 23.7 Å². The van der Waals surface area contributed by atoms with Gasteiger partial charge in [0.25, 0.3) is 10.5 Å². The Morgan fingerprint density at radius 3 is 1.12 bits per heavy atom. The molecule has 10 nitrogen and oxygen atoms in total. The average molecular weight is 1000 g/mol. The summed E-state index contributed by atoms with van der Waals surface area (Å²) >= 11 is 10.4. The van der Waals surface area contributed by atoms with E-state index < -0.39 is 39.5 Å². The van der Waals surface area contributed by atoms with Gasteiger partial charge in [-0.05, 0) is 139 Å². The Kier molecular flexibility index (Phi) is 18.3. The fraction of sp³-hybridized carbons (Fsp3) is 0.216. The van der Waals surface area contributed by atoms with Gasteiger partial charge in [-0.1, -0.05) is 75.0 Å². The Morgan fingerprint density at radius 1 is 0.493 bits per heavy atom. The Hall–Kier alpha value is -7.04. The first-order chi connectivity index (χ1) is 31.6. The molecule has 0 saturated heterocycles. The van der Waals surface area contributed by atoms with Crippen molar-refractivity contribution >= 4 is 56.6 Å². The number of alkyl halides is 6. The molecular formula is C51H48Cl2F6N2O8. The van der Waals surface area contributed by atoms with Crippen LogP contribution in [0.2, 0.25) is 0 Å². The van der Waals surface area contributed by atoms with Crippen molar-refractivity contribution in [2.45, 2.75) is 71.1 Å². The van der Waals surface area contributed by atoms with Gasteiger partial charge < -0.3 is 31.9 Å². The Balaban J connectivity index is 0.000000307. The number of aryl methyl sites for hydroxylation is 1. The molecule has 0 heterocycles. The van der Waals surface area contributed by atoms with Crippen molar-refractivity contribution < 1.29 is 65.9 Å². The summed E-state index contributed by atoms with van der Waals surface area (Å²) in [6.45, 7) is 5.16. The minimum absolute atomic E-state index is 0. The molecule has 0 amide bonds. The number of hydrogen-bond donors (Lipinski definition) is 6. The third-order valence-electron chi connectivity index (χ3n) is 11.3. The maximum atomic E-state index is 14.5. The maximum absolute atomic E-state index is 14.5. The molecule has 18 heteroatoms. The van der Waals surface area contributed by atoms with Gasteiger partial charge in [-0.15, -0.1) is 0 Å². The second-order valence-electron chi connectivity index (χ2n) is 15.7. The largest absolute Gasteiger partial charge is 0.508 e. The predicted molar refractivity (Wildman–Crippen MR) is 254 cm³/mol. The lowest BCUT2D eigenvalue weighted by atomic mass is 9.74. The average Bonchev–Trinajstić information content (AvgIpc) is 3.28. The number of benzene rings is 6. The van der Waals surface area contributed by atoms with E-state index in [4.69, 9.17) is 34.7 Å². The van der Waals surface area contributed by atoms with Crippen LogP contribution in [0, 0.1) is 0 Å². The lowest BCUT2D eigenvalue weighted by molar-refractivity contribution is -0.173. The molecular weight excluding hydrogens is 953 g/mol. The molecule has 0 aliphatic carbocycles. The minimum Gasteiger partial charge on any atom is -0.508 e. The van der Waals surface area contributed by atoms with E-state index in [0.29, 0.717) is 28.7 Å². The van der Waals surface area contributed by atoms with E-state index in [1.807, 2.05) is 0 Å². The number of nitrogen functional groups attached to an aromatic ring is 2. The Labute approximate surface area is 403 Å². The zero-order chi connectivity index (χ0) is 51.1. The monoisotopic (exact) mass is 1000 g/mol. The number of halogens is 8. The van der Waals surface area contributed by atoms with Crippen molar-refractivity contribution in [1.82, 2.24) is 0 Å². The molecule has 6 rings (SSSR count). The number of rotatable bonds is 11. The fourth-order valence-electron chi connectivity index (χ4n) is 6.84. The highest BCUT2D eigenvalue weighted by atomic mass is 35.5. The van der Waals surface area contributed by atoms with Crippen LogP contribution in [0.1, 0.15) is 110 Å². The number of hydrogen-bond acceptors (Lipinski definition) is 10. The number of phenols is 4. The van der Waals surface area contributed by atoms with Gasteiger partial charge in [-0.3, -0.25) is 19.2 Å². The lowest BCUT2D eigenvalue weighted by Gasteiger charge is -2.34. The molecule has 6 aromatic carbocycles. The van der Waals surface area contributed by atoms with Crippen LogP contribution >= 0.6 is 23.2 Å². The smallest absolute Gasteiger partial charge is 0.402 e. The van der Waals surface area contributed by atoms with Gasteiger partial charge in [0.1, 0.15) is 33.8 Å². The molecule has 8 N–H and O–H groups in total. The second-order valence-corrected chi connectivity index (χ2v) is 16.4. The molecule has 0 aliphatic heterocycles. The van der Waals surface area contributed by atoms with Gasteiger partial charge in [0.05, 0.1) is 11.4 Å². The van der Waals surface area contributed by atoms with Crippen LogP contribution in [-0.4, -0.2) is 54.8 Å². The molecule has 1 unspecified atom stereocenters. The first-order valence-electron chi connectivity index (χ1n) is 20.2. The van der Waals surface area contributed by atoms with E-state index in [-0.39, 0.29) is 87.4 Å². The van der Waals surface area contributed by atoms with Crippen molar-refractivity contribution in [2.24, 2.45) is 0 Å². The molecule has 69 heavy (non-hydrogen) atoms. The Morgan fingerprint density at radius 2 is 0.797 bits per heavy atom. The molecule has 6 aromatic rings. The number of phenolic OH excluding ortho intramolecular Hbond substituents is 4. The van der Waals surface area contributed by atoms with Crippen LogP contribution in [0.15, 0.2) is 121 Å². The van der Waals surface area contributed by atoms with Gasteiger partial charge >= 0.3 is 12.4 Å². The highest BCUT2D eigenvalue weighted by Crippen LogP contribution is 2.49. The fourth-order valence-corrected chi connectivity index (χ4v) is 7.09. The summed E-state index contributed by atoms with van der Waals surface area (Å²) in [5.41, 5.74) is 7.25. The van der Waals surface area contributed by atoms with Crippen LogP contribution < -0.4 is 11.5 Å². The zero-order valence-electron chi connectivity index (χ0n) is 36.6. The van der Waals surface area contributed by atoms with Crippen LogP contribution in [0.5, 0.6) is 23.0 Å². The first-order valence-corrected chi connectivity index (χ1v) is 20.9. The Bertz CT molecular complexity index is 2750. The topological polar surface area (TPSA) is 201 Å².